The number of aliphatic hydroxyl groups is 1. The predicted molar refractivity (Wildman–Crippen MR) is 97.4 cm³/mol. The van der Waals surface area contributed by atoms with Gasteiger partial charge in [0.1, 0.15) is 6.04 Å². The maximum atomic E-state index is 12.3. The molecule has 1 aromatic heterocycles. The highest BCUT2D eigenvalue weighted by atomic mass is 16.3. The number of nitrogens with one attached hydrogen (secondary N) is 3. The van der Waals surface area contributed by atoms with Crippen LogP contribution in [0.25, 0.3) is 11.3 Å². The van der Waals surface area contributed by atoms with Crippen molar-refractivity contribution >= 4 is 17.6 Å². The lowest BCUT2D eigenvalue weighted by Gasteiger charge is -2.15. The van der Waals surface area contributed by atoms with Gasteiger partial charge < -0.3 is 15.7 Å². The molecule has 0 bridgehead atoms. The van der Waals surface area contributed by atoms with Crippen molar-refractivity contribution in [2.45, 2.75) is 6.04 Å². The molecule has 0 aliphatic heterocycles. The number of H-pyrrole nitrogens is 1. The normalized spacial score (nSPS) is 11.6. The molecule has 0 saturated carbocycles. The van der Waals surface area contributed by atoms with Crippen LogP contribution in [0.4, 0.5) is 5.82 Å². The summed E-state index contributed by atoms with van der Waals surface area (Å²) in [7, 11) is 0. The standard InChI is InChI=1S/C19H18N4O3/c24-12-16(20-18(25)14-9-5-2-6-10-14)19(26)21-17-11-15(22-23-17)13-7-3-1-4-8-13/h1-11,16,24H,12H2,(H,20,25)(H2,21,22,23,26)/t16-/m0/s1. The fraction of sp³-hybridized carbons (Fsp3) is 0.105. The molecule has 4 N–H and O–H groups in total. The summed E-state index contributed by atoms with van der Waals surface area (Å²) in [4.78, 5) is 24.5. The fourth-order valence-electron chi connectivity index (χ4n) is 2.39. The van der Waals surface area contributed by atoms with Gasteiger partial charge in [0.05, 0.1) is 12.3 Å². The second kappa shape index (κ2) is 8.09. The van der Waals surface area contributed by atoms with Gasteiger partial charge in [0.15, 0.2) is 5.82 Å². The fourth-order valence-corrected chi connectivity index (χ4v) is 2.39. The van der Waals surface area contributed by atoms with Crippen LogP contribution in [0, 0.1) is 0 Å². The van der Waals surface area contributed by atoms with E-state index < -0.39 is 24.5 Å². The van der Waals surface area contributed by atoms with Crippen LogP contribution in [0.2, 0.25) is 0 Å². The van der Waals surface area contributed by atoms with Gasteiger partial charge in [-0.05, 0) is 17.7 Å². The summed E-state index contributed by atoms with van der Waals surface area (Å²) in [6.07, 6.45) is 0. The minimum Gasteiger partial charge on any atom is -0.394 e. The second-order valence-electron chi connectivity index (χ2n) is 5.60. The molecule has 0 aliphatic carbocycles. The Balaban J connectivity index is 1.64. The summed E-state index contributed by atoms with van der Waals surface area (Å²) in [5.74, 6) is -0.684. The van der Waals surface area contributed by atoms with Crippen molar-refractivity contribution < 1.29 is 14.7 Å². The van der Waals surface area contributed by atoms with E-state index in [0.29, 0.717) is 11.4 Å². The van der Waals surface area contributed by atoms with Crippen LogP contribution in [0.15, 0.2) is 66.7 Å². The van der Waals surface area contributed by atoms with Gasteiger partial charge in [-0.25, -0.2) is 0 Å². The summed E-state index contributed by atoms with van der Waals surface area (Å²) in [5.41, 5.74) is 2.08. The molecule has 7 heteroatoms. The van der Waals surface area contributed by atoms with Gasteiger partial charge in [0.25, 0.3) is 11.8 Å². The zero-order chi connectivity index (χ0) is 18.4. The van der Waals surface area contributed by atoms with Crippen molar-refractivity contribution in [3.05, 3.63) is 72.3 Å². The zero-order valence-electron chi connectivity index (χ0n) is 13.8. The van der Waals surface area contributed by atoms with Crippen molar-refractivity contribution in [3.63, 3.8) is 0 Å². The van der Waals surface area contributed by atoms with Crippen LogP contribution in [-0.4, -0.2) is 39.8 Å². The Hall–Kier alpha value is -3.45. The zero-order valence-corrected chi connectivity index (χ0v) is 13.8. The molecular formula is C19H18N4O3. The number of aromatic amines is 1. The van der Waals surface area contributed by atoms with E-state index in [9.17, 15) is 14.7 Å². The first-order chi connectivity index (χ1) is 12.7. The first-order valence-corrected chi connectivity index (χ1v) is 8.06. The molecular weight excluding hydrogens is 332 g/mol. The van der Waals surface area contributed by atoms with E-state index in [0.717, 1.165) is 11.3 Å². The van der Waals surface area contributed by atoms with E-state index in [1.54, 1.807) is 36.4 Å². The maximum absolute atomic E-state index is 12.3. The predicted octanol–water partition coefficient (Wildman–Crippen LogP) is 1.81. The van der Waals surface area contributed by atoms with Crippen molar-refractivity contribution in [3.8, 4) is 11.3 Å². The number of hydrogen-bond acceptors (Lipinski definition) is 4. The molecule has 1 heterocycles. The first kappa shape index (κ1) is 17.4. The summed E-state index contributed by atoms with van der Waals surface area (Å²) >= 11 is 0. The van der Waals surface area contributed by atoms with Crippen LogP contribution in [-0.2, 0) is 4.79 Å². The van der Waals surface area contributed by atoms with E-state index in [2.05, 4.69) is 20.8 Å². The van der Waals surface area contributed by atoms with Crippen LogP contribution in [0.1, 0.15) is 10.4 Å². The molecule has 0 saturated heterocycles. The van der Waals surface area contributed by atoms with Gasteiger partial charge in [-0.2, -0.15) is 5.10 Å². The third kappa shape index (κ3) is 4.14. The van der Waals surface area contributed by atoms with Crippen molar-refractivity contribution in [2.24, 2.45) is 0 Å². The van der Waals surface area contributed by atoms with Gasteiger partial charge in [-0.1, -0.05) is 48.5 Å². The Bertz CT molecular complexity index is 878. The van der Waals surface area contributed by atoms with Crippen LogP contribution >= 0.6 is 0 Å². The summed E-state index contributed by atoms with van der Waals surface area (Å²) in [5, 5.41) is 21.4. The van der Waals surface area contributed by atoms with E-state index >= 15 is 0 Å². The van der Waals surface area contributed by atoms with Crippen LogP contribution in [0.3, 0.4) is 0 Å². The minimum atomic E-state index is -1.08. The van der Waals surface area contributed by atoms with E-state index in [1.165, 1.54) is 0 Å². The third-order valence-corrected chi connectivity index (χ3v) is 3.75. The number of carbonyl (C=O) groups excluding carboxylic acids is 2. The number of carbonyl (C=O) groups is 2. The number of aliphatic hydroxyl groups excluding tert-OH is 1. The van der Waals surface area contributed by atoms with Crippen molar-refractivity contribution in [2.75, 3.05) is 11.9 Å². The molecule has 3 aromatic rings. The molecule has 132 valence electrons. The van der Waals surface area contributed by atoms with Crippen LogP contribution < -0.4 is 10.6 Å². The van der Waals surface area contributed by atoms with Gasteiger partial charge in [-0.3, -0.25) is 14.7 Å². The topological polar surface area (TPSA) is 107 Å². The quantitative estimate of drug-likeness (QED) is 0.544. The number of anilines is 1. The Morgan fingerprint density at radius 2 is 1.69 bits per heavy atom. The van der Waals surface area contributed by atoms with E-state index in [1.807, 2.05) is 30.3 Å². The summed E-state index contributed by atoms with van der Waals surface area (Å²) in [6, 6.07) is 18.6. The molecule has 0 spiro atoms. The van der Waals surface area contributed by atoms with Gasteiger partial charge in [-0.15, -0.1) is 0 Å². The lowest BCUT2D eigenvalue weighted by Crippen LogP contribution is -2.46. The summed E-state index contributed by atoms with van der Waals surface area (Å²) < 4.78 is 0. The molecule has 1 atom stereocenters. The monoisotopic (exact) mass is 350 g/mol. The van der Waals surface area contributed by atoms with Crippen molar-refractivity contribution in [1.29, 1.82) is 0 Å². The largest absolute Gasteiger partial charge is 0.394 e. The average molecular weight is 350 g/mol. The van der Waals surface area contributed by atoms with Gasteiger partial charge >= 0.3 is 0 Å². The molecule has 3 rings (SSSR count). The highest BCUT2D eigenvalue weighted by molar-refractivity contribution is 6.01. The minimum absolute atomic E-state index is 0.307. The number of nitrogens with zero attached hydrogens (tertiary/aromatic N) is 1. The molecule has 2 amide bonds. The number of hydrogen-bond donors (Lipinski definition) is 4. The highest BCUT2D eigenvalue weighted by Crippen LogP contribution is 2.19. The molecule has 0 fully saturated rings. The van der Waals surface area contributed by atoms with Gasteiger partial charge in [0, 0.05) is 11.6 Å². The smallest absolute Gasteiger partial charge is 0.251 e. The lowest BCUT2D eigenvalue weighted by atomic mass is 10.1. The molecule has 26 heavy (non-hydrogen) atoms. The SMILES string of the molecule is O=C(N[C@@H](CO)C(=O)Nc1cc(-c2ccccc2)[nH]n1)c1ccccc1. The maximum Gasteiger partial charge on any atom is 0.251 e. The highest BCUT2D eigenvalue weighted by Gasteiger charge is 2.21. The molecule has 2 aromatic carbocycles. The number of amides is 2. The Morgan fingerprint density at radius 3 is 2.35 bits per heavy atom. The average Bonchev–Trinajstić information content (AvgIpc) is 3.15. The Kier molecular flexibility index (Phi) is 5.40. The van der Waals surface area contributed by atoms with Crippen molar-refractivity contribution in [1.82, 2.24) is 15.5 Å². The second-order valence-corrected chi connectivity index (χ2v) is 5.60. The molecule has 0 aliphatic rings. The number of rotatable bonds is 6. The molecule has 0 unspecified atom stereocenters. The Morgan fingerprint density at radius 1 is 1.04 bits per heavy atom. The van der Waals surface area contributed by atoms with E-state index in [-0.39, 0.29) is 0 Å². The molecule has 7 nitrogen and oxygen atoms in total. The number of benzene rings is 2. The number of aromatic nitrogens is 2. The van der Waals surface area contributed by atoms with Crippen LogP contribution in [0.5, 0.6) is 0 Å². The summed E-state index contributed by atoms with van der Waals surface area (Å²) in [6.45, 7) is -0.527. The molecule has 0 radical (unpaired) electrons. The Labute approximate surface area is 150 Å². The lowest BCUT2D eigenvalue weighted by molar-refractivity contribution is -0.118. The van der Waals surface area contributed by atoms with E-state index in [4.69, 9.17) is 0 Å². The first-order valence-electron chi connectivity index (χ1n) is 8.06. The van der Waals surface area contributed by atoms with Gasteiger partial charge in [0.2, 0.25) is 0 Å². The third-order valence-electron chi connectivity index (χ3n) is 3.75.